The Balaban J connectivity index is 2.09. The van der Waals surface area contributed by atoms with E-state index in [2.05, 4.69) is 15.0 Å². The fourth-order valence-corrected chi connectivity index (χ4v) is 3.83. The minimum Gasteiger partial charge on any atom is -0.379 e. The van der Waals surface area contributed by atoms with Gasteiger partial charge in [0.25, 0.3) is 10.0 Å². The van der Waals surface area contributed by atoms with Crippen LogP contribution in [0.4, 0.5) is 0 Å². The van der Waals surface area contributed by atoms with Crippen molar-refractivity contribution < 1.29 is 17.9 Å². The summed E-state index contributed by atoms with van der Waals surface area (Å²) in [5.41, 5.74) is 0.497. The van der Waals surface area contributed by atoms with Gasteiger partial charge in [0.15, 0.2) is 0 Å². The van der Waals surface area contributed by atoms with Gasteiger partial charge in [0.2, 0.25) is 5.91 Å². The minimum absolute atomic E-state index is 0.0771. The van der Waals surface area contributed by atoms with Gasteiger partial charge < -0.3 is 10.1 Å². The van der Waals surface area contributed by atoms with Crippen LogP contribution in [-0.2, 0) is 19.6 Å². The number of amidine groups is 1. The Hall–Kier alpha value is -1.93. The maximum absolute atomic E-state index is 12.5. The Morgan fingerprint density at radius 3 is 2.58 bits per heavy atom. The van der Waals surface area contributed by atoms with Gasteiger partial charge in [0.1, 0.15) is 11.9 Å². The molecule has 1 heterocycles. The Morgan fingerprint density at radius 2 is 1.92 bits per heavy atom. The second-order valence-corrected chi connectivity index (χ2v) is 8.48. The second kappa shape index (κ2) is 8.64. The summed E-state index contributed by atoms with van der Waals surface area (Å²) in [5, 5.41) is 2.85. The van der Waals surface area contributed by atoms with Crippen molar-refractivity contribution >= 4 is 21.8 Å². The number of aliphatic imine (C=N–C) groups is 1. The summed E-state index contributed by atoms with van der Waals surface area (Å²) in [5.74, 6) is -0.0788. The maximum Gasteiger partial charge on any atom is 0.263 e. The third-order valence-corrected chi connectivity index (χ3v) is 5.30. The number of sulfonamides is 1. The highest BCUT2D eigenvalue weighted by Gasteiger charge is 2.32. The Bertz CT molecular complexity index is 772. The molecule has 1 aromatic rings. The van der Waals surface area contributed by atoms with Crippen molar-refractivity contribution in [3.8, 4) is 0 Å². The zero-order chi connectivity index (χ0) is 19.3. The van der Waals surface area contributed by atoms with Crippen LogP contribution in [0.1, 0.15) is 39.7 Å². The molecule has 2 N–H and O–H groups in total. The van der Waals surface area contributed by atoms with Crippen LogP contribution in [0.2, 0.25) is 0 Å². The molecule has 1 aliphatic heterocycles. The lowest BCUT2D eigenvalue weighted by molar-refractivity contribution is -0.123. The predicted octanol–water partition coefficient (Wildman–Crippen LogP) is 1.68. The average molecular weight is 381 g/mol. The molecule has 7 nitrogen and oxygen atoms in total. The summed E-state index contributed by atoms with van der Waals surface area (Å²) in [6.07, 6.45) is 0.872. The Kier molecular flexibility index (Phi) is 6.77. The molecule has 1 aliphatic rings. The first-order chi connectivity index (χ1) is 12.2. The predicted molar refractivity (Wildman–Crippen MR) is 101 cm³/mol. The van der Waals surface area contributed by atoms with Crippen LogP contribution >= 0.6 is 0 Å². The summed E-state index contributed by atoms with van der Waals surface area (Å²) in [6, 6.07) is 5.94. The van der Waals surface area contributed by atoms with Crippen molar-refractivity contribution in [2.45, 2.75) is 51.2 Å². The Morgan fingerprint density at radius 1 is 1.23 bits per heavy atom. The van der Waals surface area contributed by atoms with Crippen molar-refractivity contribution in [1.82, 2.24) is 10.0 Å². The number of benzene rings is 1. The number of fused-ring (bicyclic) bond motifs is 1. The topological polar surface area (TPSA) is 96.9 Å². The molecule has 2 rings (SSSR count). The van der Waals surface area contributed by atoms with E-state index in [0.717, 1.165) is 0 Å². The lowest BCUT2D eigenvalue weighted by Crippen LogP contribution is -2.39. The SMILES string of the molecule is CC(C)OCCCNC(=O)[C@@H](N=C1NS(=O)(=O)c2ccccc21)C(C)C. The number of hydrogen-bond acceptors (Lipinski definition) is 5. The minimum atomic E-state index is -3.61. The highest BCUT2D eigenvalue weighted by atomic mass is 32.2. The summed E-state index contributed by atoms with van der Waals surface area (Å²) >= 11 is 0. The van der Waals surface area contributed by atoms with E-state index in [0.29, 0.717) is 25.1 Å². The second-order valence-electron chi connectivity index (χ2n) is 6.83. The molecular formula is C18H27N3O4S. The molecule has 8 heteroatoms. The Labute approximate surface area is 155 Å². The van der Waals surface area contributed by atoms with Crippen LogP contribution < -0.4 is 10.0 Å². The van der Waals surface area contributed by atoms with Gasteiger partial charge in [0.05, 0.1) is 11.0 Å². The van der Waals surface area contributed by atoms with Gasteiger partial charge in [-0.1, -0.05) is 26.0 Å². The highest BCUT2D eigenvalue weighted by molar-refractivity contribution is 7.90. The van der Waals surface area contributed by atoms with Crippen LogP contribution in [0, 0.1) is 5.92 Å². The van der Waals surface area contributed by atoms with Gasteiger partial charge in [-0.3, -0.25) is 14.5 Å². The van der Waals surface area contributed by atoms with Crippen LogP contribution in [0.25, 0.3) is 0 Å². The van der Waals surface area contributed by atoms with E-state index in [1.165, 1.54) is 6.07 Å². The van der Waals surface area contributed by atoms with E-state index in [1.807, 2.05) is 27.7 Å². The first-order valence-corrected chi connectivity index (χ1v) is 10.3. The van der Waals surface area contributed by atoms with Crippen LogP contribution in [0.15, 0.2) is 34.2 Å². The van der Waals surface area contributed by atoms with Gasteiger partial charge >= 0.3 is 0 Å². The largest absolute Gasteiger partial charge is 0.379 e. The molecule has 0 spiro atoms. The smallest absolute Gasteiger partial charge is 0.263 e. The van der Waals surface area contributed by atoms with Gasteiger partial charge in [-0.2, -0.15) is 0 Å². The van der Waals surface area contributed by atoms with E-state index in [9.17, 15) is 13.2 Å². The van der Waals surface area contributed by atoms with Crippen molar-refractivity contribution in [2.24, 2.45) is 10.9 Å². The number of rotatable bonds is 8. The number of hydrogen-bond donors (Lipinski definition) is 2. The molecule has 0 radical (unpaired) electrons. The highest BCUT2D eigenvalue weighted by Crippen LogP contribution is 2.23. The normalized spacial score (nSPS) is 18.0. The van der Waals surface area contributed by atoms with Crippen LogP contribution in [-0.4, -0.2) is 45.5 Å². The van der Waals surface area contributed by atoms with Gasteiger partial charge in [-0.25, -0.2) is 8.42 Å². The quantitative estimate of drug-likeness (QED) is 0.670. The van der Waals surface area contributed by atoms with E-state index < -0.39 is 16.1 Å². The first kappa shape index (κ1) is 20.4. The number of nitrogens with zero attached hydrogens (tertiary/aromatic N) is 1. The number of carbonyl (C=O) groups excluding carboxylic acids is 1. The van der Waals surface area contributed by atoms with Gasteiger partial charge in [0, 0.05) is 18.7 Å². The van der Waals surface area contributed by atoms with Crippen LogP contribution in [0.3, 0.4) is 0 Å². The lowest BCUT2D eigenvalue weighted by atomic mass is 10.0. The van der Waals surface area contributed by atoms with Gasteiger partial charge in [-0.15, -0.1) is 0 Å². The third-order valence-electron chi connectivity index (χ3n) is 3.90. The third kappa shape index (κ3) is 5.04. The fraction of sp³-hybridized carbons (Fsp3) is 0.556. The molecule has 1 amide bonds. The molecular weight excluding hydrogens is 354 g/mol. The first-order valence-electron chi connectivity index (χ1n) is 8.81. The van der Waals surface area contributed by atoms with Crippen molar-refractivity contribution in [1.29, 1.82) is 0 Å². The number of ether oxygens (including phenoxy) is 1. The molecule has 0 aliphatic carbocycles. The molecule has 26 heavy (non-hydrogen) atoms. The van der Waals surface area contributed by atoms with Crippen molar-refractivity contribution in [2.75, 3.05) is 13.2 Å². The average Bonchev–Trinajstić information content (AvgIpc) is 2.82. The van der Waals surface area contributed by atoms with Crippen molar-refractivity contribution in [3.63, 3.8) is 0 Å². The molecule has 0 aromatic heterocycles. The summed E-state index contributed by atoms with van der Waals surface area (Å²) < 4.78 is 32.2. The number of nitrogens with one attached hydrogen (secondary N) is 2. The van der Waals surface area contributed by atoms with E-state index in [4.69, 9.17) is 4.74 Å². The summed E-state index contributed by atoms with van der Waals surface area (Å²) in [7, 11) is -3.61. The number of amides is 1. The molecule has 144 valence electrons. The zero-order valence-corrected chi connectivity index (χ0v) is 16.5. The molecule has 0 bridgehead atoms. The van der Waals surface area contributed by atoms with Crippen LogP contribution in [0.5, 0.6) is 0 Å². The lowest BCUT2D eigenvalue weighted by Gasteiger charge is -2.17. The monoisotopic (exact) mass is 381 g/mol. The van der Waals surface area contributed by atoms with E-state index in [-0.39, 0.29) is 28.7 Å². The van der Waals surface area contributed by atoms with Gasteiger partial charge in [-0.05, 0) is 38.3 Å². The molecule has 1 atom stereocenters. The molecule has 0 saturated heterocycles. The summed E-state index contributed by atoms with van der Waals surface area (Å²) in [6.45, 7) is 8.75. The maximum atomic E-state index is 12.5. The zero-order valence-electron chi connectivity index (χ0n) is 15.7. The number of carbonyl (C=O) groups is 1. The standard InChI is InChI=1S/C18H27N3O4S/c1-12(2)16(18(22)19-10-7-11-25-13(3)4)20-17-14-8-5-6-9-15(14)26(23,24)21-17/h5-6,8-9,12-13,16H,7,10-11H2,1-4H3,(H,19,22)(H,20,21)/t16-/m0/s1. The van der Waals surface area contributed by atoms with E-state index >= 15 is 0 Å². The van der Waals surface area contributed by atoms with E-state index in [1.54, 1.807) is 18.2 Å². The fourth-order valence-electron chi connectivity index (χ4n) is 2.59. The summed E-state index contributed by atoms with van der Waals surface area (Å²) in [4.78, 5) is 17.1. The molecule has 0 fully saturated rings. The van der Waals surface area contributed by atoms with Crippen molar-refractivity contribution in [3.05, 3.63) is 29.8 Å². The molecule has 0 saturated carbocycles. The molecule has 0 unspecified atom stereocenters. The molecule has 1 aromatic carbocycles.